The van der Waals surface area contributed by atoms with Crippen LogP contribution in [0.15, 0.2) is 42.5 Å². The lowest BCUT2D eigenvalue weighted by Crippen LogP contribution is -2.27. The van der Waals surface area contributed by atoms with Crippen molar-refractivity contribution >= 4 is 5.91 Å². The average molecular weight is 303 g/mol. The minimum atomic E-state index is -0.376. The Morgan fingerprint density at radius 3 is 2.36 bits per heavy atom. The molecule has 116 valence electrons. The summed E-state index contributed by atoms with van der Waals surface area (Å²) in [5.41, 5.74) is 1.20. The van der Waals surface area contributed by atoms with E-state index >= 15 is 0 Å². The van der Waals surface area contributed by atoms with Crippen molar-refractivity contribution in [2.45, 2.75) is 13.0 Å². The smallest absolute Gasteiger partial charge is 0.251 e. The van der Waals surface area contributed by atoms with Crippen LogP contribution in [0.1, 0.15) is 28.9 Å². The third-order valence-electron chi connectivity index (χ3n) is 3.36. The van der Waals surface area contributed by atoms with Gasteiger partial charge in [-0.25, -0.2) is 4.39 Å². The van der Waals surface area contributed by atoms with Crippen LogP contribution in [0.25, 0.3) is 0 Å². The van der Waals surface area contributed by atoms with E-state index in [1.54, 1.807) is 26.4 Å². The second-order valence-corrected chi connectivity index (χ2v) is 4.81. The van der Waals surface area contributed by atoms with Crippen molar-refractivity contribution < 1.29 is 18.7 Å². The monoisotopic (exact) mass is 303 g/mol. The Bertz CT molecular complexity index is 655. The number of amides is 1. The number of benzene rings is 2. The summed E-state index contributed by atoms with van der Waals surface area (Å²) in [6, 6.07) is 10.5. The molecule has 1 N–H and O–H groups in total. The highest BCUT2D eigenvalue weighted by Crippen LogP contribution is 2.29. The molecule has 0 radical (unpaired) electrons. The predicted molar refractivity (Wildman–Crippen MR) is 81.8 cm³/mol. The maximum Gasteiger partial charge on any atom is 0.251 e. The molecular weight excluding hydrogens is 285 g/mol. The highest BCUT2D eigenvalue weighted by molar-refractivity contribution is 5.94. The molecule has 0 aliphatic carbocycles. The molecule has 1 atom stereocenters. The van der Waals surface area contributed by atoms with E-state index in [-0.39, 0.29) is 17.8 Å². The zero-order valence-electron chi connectivity index (χ0n) is 12.7. The van der Waals surface area contributed by atoms with E-state index in [4.69, 9.17) is 9.47 Å². The molecule has 5 heteroatoms. The van der Waals surface area contributed by atoms with E-state index in [2.05, 4.69) is 5.32 Å². The highest BCUT2D eigenvalue weighted by atomic mass is 19.1. The third kappa shape index (κ3) is 3.55. The zero-order chi connectivity index (χ0) is 16.1. The van der Waals surface area contributed by atoms with Crippen LogP contribution in [-0.2, 0) is 0 Å². The molecular formula is C17H18FNO3. The average Bonchev–Trinajstić information content (AvgIpc) is 2.54. The number of hydrogen-bond donors (Lipinski definition) is 1. The number of ether oxygens (including phenoxy) is 2. The van der Waals surface area contributed by atoms with Gasteiger partial charge in [-0.2, -0.15) is 0 Å². The van der Waals surface area contributed by atoms with Crippen molar-refractivity contribution in [3.8, 4) is 11.5 Å². The Morgan fingerprint density at radius 2 is 1.77 bits per heavy atom. The van der Waals surface area contributed by atoms with Gasteiger partial charge in [-0.3, -0.25) is 4.79 Å². The lowest BCUT2D eigenvalue weighted by atomic mass is 10.1. The van der Waals surface area contributed by atoms with Gasteiger partial charge in [0.05, 0.1) is 20.3 Å². The number of carbonyl (C=O) groups excluding carboxylic acids is 1. The van der Waals surface area contributed by atoms with Crippen molar-refractivity contribution in [2.24, 2.45) is 0 Å². The molecule has 0 fully saturated rings. The molecule has 0 aromatic heterocycles. The van der Waals surface area contributed by atoms with Gasteiger partial charge < -0.3 is 14.8 Å². The van der Waals surface area contributed by atoms with Crippen LogP contribution < -0.4 is 14.8 Å². The number of nitrogens with one attached hydrogen (secondary N) is 1. The summed E-state index contributed by atoms with van der Waals surface area (Å²) in [6.45, 7) is 1.85. The molecule has 1 amide bonds. The summed E-state index contributed by atoms with van der Waals surface area (Å²) in [6.07, 6.45) is 0. The molecule has 0 aliphatic rings. The van der Waals surface area contributed by atoms with Gasteiger partial charge in [0.2, 0.25) is 0 Å². The van der Waals surface area contributed by atoms with Gasteiger partial charge in [0.15, 0.2) is 0 Å². The minimum absolute atomic E-state index is 0.280. The number of hydrogen-bond acceptors (Lipinski definition) is 3. The summed E-state index contributed by atoms with van der Waals surface area (Å²) < 4.78 is 23.4. The number of carbonyl (C=O) groups is 1. The second-order valence-electron chi connectivity index (χ2n) is 4.81. The summed E-state index contributed by atoms with van der Waals surface area (Å²) in [4.78, 5) is 12.2. The summed E-state index contributed by atoms with van der Waals surface area (Å²) in [7, 11) is 3.15. The van der Waals surface area contributed by atoms with Gasteiger partial charge in [-0.1, -0.05) is 0 Å². The Morgan fingerprint density at radius 1 is 1.09 bits per heavy atom. The third-order valence-corrected chi connectivity index (χ3v) is 3.36. The first-order chi connectivity index (χ1) is 10.5. The maximum absolute atomic E-state index is 12.9. The first-order valence-corrected chi connectivity index (χ1v) is 6.83. The molecule has 2 aromatic carbocycles. The fourth-order valence-corrected chi connectivity index (χ4v) is 2.14. The number of methoxy groups -OCH3 is 2. The molecule has 0 bridgehead atoms. The van der Waals surface area contributed by atoms with E-state index in [1.807, 2.05) is 13.0 Å². The topological polar surface area (TPSA) is 47.6 Å². The largest absolute Gasteiger partial charge is 0.497 e. The fourth-order valence-electron chi connectivity index (χ4n) is 2.14. The van der Waals surface area contributed by atoms with E-state index in [0.29, 0.717) is 17.1 Å². The summed E-state index contributed by atoms with van der Waals surface area (Å²) in [5, 5.41) is 2.86. The van der Waals surface area contributed by atoms with Gasteiger partial charge in [-0.05, 0) is 49.4 Å². The van der Waals surface area contributed by atoms with Crippen LogP contribution >= 0.6 is 0 Å². The molecule has 0 saturated carbocycles. The van der Waals surface area contributed by atoms with Crippen LogP contribution in [0.3, 0.4) is 0 Å². The van der Waals surface area contributed by atoms with E-state index in [0.717, 1.165) is 5.56 Å². The summed E-state index contributed by atoms with van der Waals surface area (Å²) >= 11 is 0. The molecule has 0 saturated heterocycles. The minimum Gasteiger partial charge on any atom is -0.497 e. The molecule has 2 aromatic rings. The number of halogens is 1. The second kappa shape index (κ2) is 6.93. The molecule has 2 rings (SSSR count). The predicted octanol–water partition coefficient (Wildman–Crippen LogP) is 3.33. The molecule has 22 heavy (non-hydrogen) atoms. The normalized spacial score (nSPS) is 11.6. The molecule has 0 heterocycles. The van der Waals surface area contributed by atoms with Crippen LogP contribution in [-0.4, -0.2) is 20.1 Å². The van der Waals surface area contributed by atoms with Gasteiger partial charge in [0.1, 0.15) is 17.3 Å². The Labute approximate surface area is 128 Å². The highest BCUT2D eigenvalue weighted by Gasteiger charge is 2.16. The van der Waals surface area contributed by atoms with Crippen LogP contribution in [0, 0.1) is 5.82 Å². The van der Waals surface area contributed by atoms with E-state index in [1.165, 1.54) is 24.3 Å². The summed E-state index contributed by atoms with van der Waals surface area (Å²) in [5.74, 6) is 0.683. The van der Waals surface area contributed by atoms with Crippen LogP contribution in [0.4, 0.5) is 4.39 Å². The molecule has 4 nitrogen and oxygen atoms in total. The standard InChI is InChI=1S/C17H18FNO3/c1-11(15-10-14(21-2)8-9-16(15)22-3)19-17(20)12-4-6-13(18)7-5-12/h4-11H,1-3H3,(H,19,20)/t11-/m1/s1. The van der Waals surface area contributed by atoms with E-state index < -0.39 is 0 Å². The molecule has 0 unspecified atom stereocenters. The molecule has 0 spiro atoms. The Kier molecular flexibility index (Phi) is 4.99. The van der Waals surface area contributed by atoms with Crippen LogP contribution in [0.5, 0.6) is 11.5 Å². The van der Waals surface area contributed by atoms with E-state index in [9.17, 15) is 9.18 Å². The lowest BCUT2D eigenvalue weighted by molar-refractivity contribution is 0.0939. The van der Waals surface area contributed by atoms with Crippen molar-refractivity contribution in [2.75, 3.05) is 14.2 Å². The maximum atomic E-state index is 12.9. The van der Waals surface area contributed by atoms with Crippen molar-refractivity contribution in [3.63, 3.8) is 0 Å². The van der Waals surface area contributed by atoms with Gasteiger partial charge >= 0.3 is 0 Å². The van der Waals surface area contributed by atoms with Gasteiger partial charge in [0, 0.05) is 11.1 Å². The van der Waals surface area contributed by atoms with Crippen molar-refractivity contribution in [1.82, 2.24) is 5.32 Å². The number of rotatable bonds is 5. The van der Waals surface area contributed by atoms with Gasteiger partial charge in [0.25, 0.3) is 5.91 Å². The first-order valence-electron chi connectivity index (χ1n) is 6.83. The van der Waals surface area contributed by atoms with Gasteiger partial charge in [-0.15, -0.1) is 0 Å². The quantitative estimate of drug-likeness (QED) is 0.921. The van der Waals surface area contributed by atoms with Crippen molar-refractivity contribution in [1.29, 1.82) is 0 Å². The molecule has 0 aliphatic heterocycles. The Balaban J connectivity index is 2.19. The zero-order valence-corrected chi connectivity index (χ0v) is 12.7. The Hall–Kier alpha value is -2.56. The first kappa shape index (κ1) is 15.8. The fraction of sp³-hybridized carbons (Fsp3) is 0.235. The van der Waals surface area contributed by atoms with Crippen molar-refractivity contribution in [3.05, 3.63) is 59.4 Å². The van der Waals surface area contributed by atoms with Crippen LogP contribution in [0.2, 0.25) is 0 Å². The SMILES string of the molecule is COc1ccc(OC)c([C@@H](C)NC(=O)c2ccc(F)cc2)c1. The lowest BCUT2D eigenvalue weighted by Gasteiger charge is -2.18.